The van der Waals surface area contributed by atoms with Crippen molar-refractivity contribution >= 4 is 0 Å². The van der Waals surface area contributed by atoms with Gasteiger partial charge in [-0.3, -0.25) is 0 Å². The lowest BCUT2D eigenvalue weighted by molar-refractivity contribution is 0.0661. The van der Waals surface area contributed by atoms with E-state index in [-0.39, 0.29) is 6.54 Å². The Morgan fingerprint density at radius 1 is 1.14 bits per heavy atom. The van der Waals surface area contributed by atoms with Crippen LogP contribution in [0.3, 0.4) is 0 Å². The molecular formula is C12H19NO. The average Bonchev–Trinajstić information content (AvgIpc) is 2.11. The Hall–Kier alpha value is -0.860. The van der Waals surface area contributed by atoms with Crippen LogP contribution in [0.4, 0.5) is 0 Å². The number of benzene rings is 1. The molecular weight excluding hydrogens is 174 g/mol. The fourth-order valence-electron chi connectivity index (χ4n) is 1.65. The molecule has 1 unspecified atom stereocenters. The van der Waals surface area contributed by atoms with E-state index in [1.54, 1.807) is 6.92 Å². The van der Waals surface area contributed by atoms with Gasteiger partial charge in [0.25, 0.3) is 0 Å². The lowest BCUT2D eigenvalue weighted by Gasteiger charge is -2.24. The van der Waals surface area contributed by atoms with Crippen molar-refractivity contribution in [2.24, 2.45) is 5.73 Å². The number of hydrogen-bond donors (Lipinski definition) is 2. The molecule has 0 fully saturated rings. The Morgan fingerprint density at radius 3 is 2.14 bits per heavy atom. The molecule has 0 aliphatic carbocycles. The van der Waals surface area contributed by atoms with E-state index in [0.717, 1.165) is 11.1 Å². The summed E-state index contributed by atoms with van der Waals surface area (Å²) in [5.74, 6) is 0. The molecule has 1 aromatic rings. The standard InChI is InChI=1S/C12H19NO/c1-8-5-10(3)11(6-9(8)2)12(4,14)7-13/h5-6,14H,7,13H2,1-4H3. The Kier molecular flexibility index (Phi) is 2.98. The molecule has 1 atom stereocenters. The van der Waals surface area contributed by atoms with Crippen LogP contribution in [0.1, 0.15) is 29.2 Å². The van der Waals surface area contributed by atoms with Gasteiger partial charge in [-0.15, -0.1) is 0 Å². The zero-order valence-electron chi connectivity index (χ0n) is 9.39. The first-order valence-electron chi connectivity index (χ1n) is 4.89. The highest BCUT2D eigenvalue weighted by molar-refractivity contribution is 5.39. The number of hydrogen-bond acceptors (Lipinski definition) is 2. The van der Waals surface area contributed by atoms with Gasteiger partial charge in [0.1, 0.15) is 0 Å². The third-order valence-corrected chi connectivity index (χ3v) is 2.82. The van der Waals surface area contributed by atoms with Crippen LogP contribution in [0.15, 0.2) is 12.1 Å². The van der Waals surface area contributed by atoms with Crippen molar-refractivity contribution in [2.45, 2.75) is 33.3 Å². The summed E-state index contributed by atoms with van der Waals surface area (Å²) in [6.07, 6.45) is 0. The molecule has 1 aromatic carbocycles. The topological polar surface area (TPSA) is 46.2 Å². The lowest BCUT2D eigenvalue weighted by atomic mass is 9.89. The number of aryl methyl sites for hydroxylation is 3. The van der Waals surface area contributed by atoms with E-state index < -0.39 is 5.60 Å². The van der Waals surface area contributed by atoms with Crippen LogP contribution < -0.4 is 5.73 Å². The number of aliphatic hydroxyl groups is 1. The van der Waals surface area contributed by atoms with Gasteiger partial charge in [0.2, 0.25) is 0 Å². The van der Waals surface area contributed by atoms with Crippen LogP contribution in [-0.2, 0) is 5.60 Å². The summed E-state index contributed by atoms with van der Waals surface area (Å²) in [5.41, 5.74) is 9.11. The monoisotopic (exact) mass is 193 g/mol. The molecule has 2 heteroatoms. The Morgan fingerprint density at radius 2 is 1.64 bits per heavy atom. The smallest absolute Gasteiger partial charge is 0.0992 e. The first-order valence-corrected chi connectivity index (χ1v) is 4.89. The fraction of sp³-hybridized carbons (Fsp3) is 0.500. The van der Waals surface area contributed by atoms with Gasteiger partial charge in [-0.1, -0.05) is 12.1 Å². The summed E-state index contributed by atoms with van der Waals surface area (Å²) < 4.78 is 0. The van der Waals surface area contributed by atoms with E-state index in [0.29, 0.717) is 0 Å². The number of rotatable bonds is 2. The molecule has 0 spiro atoms. The van der Waals surface area contributed by atoms with Crippen LogP contribution in [0.2, 0.25) is 0 Å². The van der Waals surface area contributed by atoms with E-state index in [9.17, 15) is 5.11 Å². The molecule has 0 bridgehead atoms. The maximum Gasteiger partial charge on any atom is 0.0992 e. The minimum atomic E-state index is -0.914. The van der Waals surface area contributed by atoms with Gasteiger partial charge in [0, 0.05) is 6.54 Å². The van der Waals surface area contributed by atoms with Gasteiger partial charge in [-0.25, -0.2) is 0 Å². The molecule has 0 aromatic heterocycles. The van der Waals surface area contributed by atoms with Gasteiger partial charge in [0.05, 0.1) is 5.60 Å². The van der Waals surface area contributed by atoms with Crippen molar-refractivity contribution < 1.29 is 5.11 Å². The van der Waals surface area contributed by atoms with Crippen LogP contribution in [-0.4, -0.2) is 11.7 Å². The summed E-state index contributed by atoms with van der Waals surface area (Å²) in [4.78, 5) is 0. The molecule has 3 N–H and O–H groups in total. The maximum absolute atomic E-state index is 10.1. The molecule has 14 heavy (non-hydrogen) atoms. The quantitative estimate of drug-likeness (QED) is 0.752. The lowest BCUT2D eigenvalue weighted by Crippen LogP contribution is -2.32. The molecule has 78 valence electrons. The summed E-state index contributed by atoms with van der Waals surface area (Å²) in [7, 11) is 0. The summed E-state index contributed by atoms with van der Waals surface area (Å²) in [6.45, 7) is 8.13. The average molecular weight is 193 g/mol. The van der Waals surface area contributed by atoms with Gasteiger partial charge >= 0.3 is 0 Å². The molecule has 0 amide bonds. The molecule has 0 saturated carbocycles. The molecule has 1 rings (SSSR count). The molecule has 0 heterocycles. The zero-order chi connectivity index (χ0) is 10.9. The van der Waals surface area contributed by atoms with Crippen LogP contribution in [0, 0.1) is 20.8 Å². The largest absolute Gasteiger partial charge is 0.384 e. The molecule has 0 aliphatic heterocycles. The van der Waals surface area contributed by atoms with Gasteiger partial charge in [-0.2, -0.15) is 0 Å². The predicted molar refractivity (Wildman–Crippen MR) is 59.3 cm³/mol. The van der Waals surface area contributed by atoms with E-state index in [1.807, 2.05) is 19.9 Å². The second-order valence-corrected chi connectivity index (χ2v) is 4.23. The predicted octanol–water partition coefficient (Wildman–Crippen LogP) is 1.78. The molecule has 0 radical (unpaired) electrons. The van der Waals surface area contributed by atoms with E-state index in [1.165, 1.54) is 11.1 Å². The van der Waals surface area contributed by atoms with E-state index in [4.69, 9.17) is 5.73 Å². The summed E-state index contributed by atoms with van der Waals surface area (Å²) >= 11 is 0. The Balaban J connectivity index is 3.29. The van der Waals surface area contributed by atoms with Crippen LogP contribution in [0.5, 0.6) is 0 Å². The molecule has 2 nitrogen and oxygen atoms in total. The fourth-order valence-corrected chi connectivity index (χ4v) is 1.65. The second kappa shape index (κ2) is 3.71. The molecule has 0 saturated heterocycles. The minimum Gasteiger partial charge on any atom is -0.384 e. The van der Waals surface area contributed by atoms with Crippen molar-refractivity contribution in [1.82, 2.24) is 0 Å². The van der Waals surface area contributed by atoms with Gasteiger partial charge in [-0.05, 0) is 49.9 Å². The first-order chi connectivity index (χ1) is 6.38. The third-order valence-electron chi connectivity index (χ3n) is 2.82. The van der Waals surface area contributed by atoms with E-state index >= 15 is 0 Å². The van der Waals surface area contributed by atoms with Crippen molar-refractivity contribution in [3.05, 3.63) is 34.4 Å². The highest BCUT2D eigenvalue weighted by atomic mass is 16.3. The second-order valence-electron chi connectivity index (χ2n) is 4.23. The summed E-state index contributed by atoms with van der Waals surface area (Å²) in [6, 6.07) is 4.12. The summed E-state index contributed by atoms with van der Waals surface area (Å²) in [5, 5.41) is 10.1. The van der Waals surface area contributed by atoms with Crippen molar-refractivity contribution in [1.29, 1.82) is 0 Å². The van der Waals surface area contributed by atoms with Crippen LogP contribution >= 0.6 is 0 Å². The van der Waals surface area contributed by atoms with E-state index in [2.05, 4.69) is 13.0 Å². The van der Waals surface area contributed by atoms with Gasteiger partial charge in [0.15, 0.2) is 0 Å². The third kappa shape index (κ3) is 1.97. The first kappa shape index (κ1) is 11.2. The van der Waals surface area contributed by atoms with Gasteiger partial charge < -0.3 is 10.8 Å². The Labute approximate surface area is 85.8 Å². The zero-order valence-corrected chi connectivity index (χ0v) is 9.39. The normalized spacial score (nSPS) is 15.3. The van der Waals surface area contributed by atoms with Crippen molar-refractivity contribution in [2.75, 3.05) is 6.54 Å². The minimum absolute atomic E-state index is 0.246. The van der Waals surface area contributed by atoms with Crippen LogP contribution in [0.25, 0.3) is 0 Å². The highest BCUT2D eigenvalue weighted by Gasteiger charge is 2.23. The maximum atomic E-state index is 10.1. The van der Waals surface area contributed by atoms with Crippen molar-refractivity contribution in [3.8, 4) is 0 Å². The van der Waals surface area contributed by atoms with Crippen molar-refractivity contribution in [3.63, 3.8) is 0 Å². The Bertz CT molecular complexity index is 342. The SMILES string of the molecule is Cc1cc(C)c(C(C)(O)CN)cc1C. The highest BCUT2D eigenvalue weighted by Crippen LogP contribution is 2.25. The molecule has 0 aliphatic rings. The number of nitrogens with two attached hydrogens (primary N) is 1.